The molecule has 4 atom stereocenters. The smallest absolute Gasteiger partial charge is 0.254 e. The van der Waals surface area contributed by atoms with E-state index in [0.717, 1.165) is 11.4 Å². The first kappa shape index (κ1) is 21.2. The first-order chi connectivity index (χ1) is 16.0. The lowest BCUT2D eigenvalue weighted by Gasteiger charge is -2.16. The summed E-state index contributed by atoms with van der Waals surface area (Å²) < 4.78 is 30.2. The molecule has 5 rings (SSSR count). The number of benzene rings is 2. The minimum absolute atomic E-state index is 0.119. The first-order valence-electron chi connectivity index (χ1n) is 10.7. The van der Waals surface area contributed by atoms with Crippen molar-refractivity contribution in [1.82, 2.24) is 5.01 Å². The van der Waals surface area contributed by atoms with Crippen LogP contribution in [0.25, 0.3) is 0 Å². The average Bonchev–Trinajstić information content (AvgIpc) is 3.50. The fourth-order valence-electron chi connectivity index (χ4n) is 5.02. The number of ether oxygens (including phenoxy) is 3. The minimum atomic E-state index is -0.347. The Labute approximate surface area is 190 Å². The number of methoxy groups -OCH3 is 2. The van der Waals surface area contributed by atoms with E-state index in [0.29, 0.717) is 28.4 Å². The van der Waals surface area contributed by atoms with Gasteiger partial charge >= 0.3 is 0 Å². The van der Waals surface area contributed by atoms with E-state index in [4.69, 9.17) is 14.2 Å². The number of hydrazone groups is 1. The van der Waals surface area contributed by atoms with Crippen LogP contribution in [-0.4, -0.2) is 37.3 Å². The Bertz CT molecular complexity index is 1120. The lowest BCUT2D eigenvalue weighted by atomic mass is 9.85. The Hall–Kier alpha value is -3.68. The van der Waals surface area contributed by atoms with Crippen molar-refractivity contribution in [3.05, 3.63) is 65.5 Å². The summed E-state index contributed by atoms with van der Waals surface area (Å²) in [6.45, 7) is 0.119. The number of allylic oxidation sites excluding steroid dienone is 2. The molecule has 0 spiro atoms. The Morgan fingerprint density at radius 3 is 2.24 bits per heavy atom. The predicted octanol–water partition coefficient (Wildman–Crippen LogP) is 3.56. The van der Waals surface area contributed by atoms with Gasteiger partial charge < -0.3 is 14.2 Å². The molecule has 3 aliphatic rings. The average molecular weight is 450 g/mol. The van der Waals surface area contributed by atoms with Gasteiger partial charge in [0.25, 0.3) is 11.8 Å². The molecule has 1 heterocycles. The highest BCUT2D eigenvalue weighted by atomic mass is 19.1. The molecule has 2 aromatic carbocycles. The third kappa shape index (κ3) is 3.65. The molecule has 33 heavy (non-hydrogen) atoms. The predicted molar refractivity (Wildman–Crippen MR) is 117 cm³/mol. The minimum Gasteiger partial charge on any atom is -0.493 e. The summed E-state index contributed by atoms with van der Waals surface area (Å²) >= 11 is 0. The van der Waals surface area contributed by atoms with E-state index in [2.05, 4.69) is 5.10 Å². The summed E-state index contributed by atoms with van der Waals surface area (Å²) in [5, 5.41) is 5.20. The second-order valence-corrected chi connectivity index (χ2v) is 8.41. The van der Waals surface area contributed by atoms with Crippen molar-refractivity contribution in [1.29, 1.82) is 0 Å². The second-order valence-electron chi connectivity index (χ2n) is 8.41. The zero-order chi connectivity index (χ0) is 23.1. The molecule has 2 fully saturated rings. The Balaban J connectivity index is 1.36. The lowest BCUT2D eigenvalue weighted by molar-refractivity contribution is -0.140. The fourth-order valence-corrected chi connectivity index (χ4v) is 5.02. The molecular formula is C25H23FN2O5. The number of carbonyl (C=O) groups excluding carboxylic acids is 2. The van der Waals surface area contributed by atoms with Gasteiger partial charge in [0.1, 0.15) is 12.4 Å². The van der Waals surface area contributed by atoms with E-state index in [1.165, 1.54) is 32.6 Å². The monoisotopic (exact) mass is 450 g/mol. The zero-order valence-electron chi connectivity index (χ0n) is 18.2. The maximum absolute atomic E-state index is 13.5. The van der Waals surface area contributed by atoms with Gasteiger partial charge in [-0.3, -0.25) is 9.59 Å². The van der Waals surface area contributed by atoms with Gasteiger partial charge in [0.15, 0.2) is 11.5 Å². The molecule has 0 radical (unpaired) electrons. The van der Waals surface area contributed by atoms with Crippen LogP contribution in [0.1, 0.15) is 17.5 Å². The first-order valence-corrected chi connectivity index (χ1v) is 10.7. The number of rotatable bonds is 7. The van der Waals surface area contributed by atoms with Gasteiger partial charge in [0.2, 0.25) is 5.75 Å². The summed E-state index contributed by atoms with van der Waals surface area (Å²) in [6.07, 6.45) is 6.40. The number of hydrogen-bond acceptors (Lipinski definition) is 6. The molecule has 2 aromatic rings. The second kappa shape index (κ2) is 8.35. The zero-order valence-corrected chi connectivity index (χ0v) is 18.2. The maximum Gasteiger partial charge on any atom is 0.254 e. The number of halogens is 1. The standard InChI is InChI=1S/C25H23FN2O5/c1-31-19-9-15(10-20(32-2)23(19)33-13-14-4-3-5-18(26)8-14)12-27-28-24(29)21-16-6-7-17(11-16)22(21)25(28)30/h3-10,12,16-17,21-22H,11,13H2,1-2H3. The van der Waals surface area contributed by atoms with E-state index in [1.54, 1.807) is 24.3 Å². The number of imide groups is 1. The van der Waals surface area contributed by atoms with E-state index >= 15 is 0 Å². The Morgan fingerprint density at radius 2 is 1.67 bits per heavy atom. The van der Waals surface area contributed by atoms with Crippen LogP contribution in [0, 0.1) is 29.5 Å². The quantitative estimate of drug-likeness (QED) is 0.366. The third-order valence-corrected chi connectivity index (χ3v) is 6.52. The summed E-state index contributed by atoms with van der Waals surface area (Å²) in [4.78, 5) is 25.6. The highest BCUT2D eigenvalue weighted by Gasteiger charge is 2.59. The molecule has 0 aromatic heterocycles. The topological polar surface area (TPSA) is 77.4 Å². The highest BCUT2D eigenvalue weighted by molar-refractivity contribution is 6.06. The molecule has 2 bridgehead atoms. The molecule has 170 valence electrons. The molecule has 2 aliphatic carbocycles. The van der Waals surface area contributed by atoms with Crippen LogP contribution in [0.15, 0.2) is 53.7 Å². The van der Waals surface area contributed by atoms with Crippen molar-refractivity contribution < 1.29 is 28.2 Å². The van der Waals surface area contributed by atoms with Crippen LogP contribution < -0.4 is 14.2 Å². The van der Waals surface area contributed by atoms with Gasteiger partial charge in [-0.25, -0.2) is 4.39 Å². The van der Waals surface area contributed by atoms with Crippen molar-refractivity contribution in [2.45, 2.75) is 13.0 Å². The summed E-state index contributed by atoms with van der Waals surface area (Å²) in [7, 11) is 2.98. The normalized spacial score (nSPS) is 25.2. The lowest BCUT2D eigenvalue weighted by Crippen LogP contribution is -2.28. The SMILES string of the molecule is COc1cc(C=NN2C(=O)C3C4C=CC(C4)C3C2=O)cc(OC)c1OCc1cccc(F)c1. The molecule has 4 unspecified atom stereocenters. The Kier molecular flexibility index (Phi) is 5.36. The molecule has 1 saturated carbocycles. The highest BCUT2D eigenvalue weighted by Crippen LogP contribution is 2.52. The van der Waals surface area contributed by atoms with Gasteiger partial charge in [0, 0.05) is 5.56 Å². The largest absolute Gasteiger partial charge is 0.493 e. The van der Waals surface area contributed by atoms with Crippen LogP contribution in [0.3, 0.4) is 0 Å². The molecule has 8 heteroatoms. The van der Waals surface area contributed by atoms with Gasteiger partial charge in [-0.05, 0) is 48.1 Å². The van der Waals surface area contributed by atoms with Crippen LogP contribution in [0.2, 0.25) is 0 Å². The summed E-state index contributed by atoms with van der Waals surface area (Å²) in [6, 6.07) is 9.46. The molecular weight excluding hydrogens is 427 g/mol. The molecule has 1 aliphatic heterocycles. The summed E-state index contributed by atoms with van der Waals surface area (Å²) in [5.41, 5.74) is 1.23. The van der Waals surface area contributed by atoms with Crippen LogP contribution >= 0.6 is 0 Å². The molecule has 7 nitrogen and oxygen atoms in total. The number of carbonyl (C=O) groups is 2. The van der Waals surface area contributed by atoms with Crippen molar-refractivity contribution >= 4 is 18.0 Å². The third-order valence-electron chi connectivity index (χ3n) is 6.52. The van der Waals surface area contributed by atoms with E-state index in [-0.39, 0.29) is 47.9 Å². The van der Waals surface area contributed by atoms with Crippen molar-refractivity contribution in [3.63, 3.8) is 0 Å². The van der Waals surface area contributed by atoms with Gasteiger partial charge in [-0.2, -0.15) is 10.1 Å². The van der Waals surface area contributed by atoms with Gasteiger partial charge in [0.05, 0.1) is 32.3 Å². The van der Waals surface area contributed by atoms with Crippen LogP contribution in [-0.2, 0) is 16.2 Å². The number of nitrogens with zero attached hydrogens (tertiary/aromatic N) is 2. The number of amides is 2. The maximum atomic E-state index is 13.5. The fraction of sp³-hybridized carbons (Fsp3) is 0.320. The molecule has 2 amide bonds. The molecule has 1 saturated heterocycles. The van der Waals surface area contributed by atoms with Gasteiger partial charge in [-0.15, -0.1) is 0 Å². The van der Waals surface area contributed by atoms with Gasteiger partial charge in [-0.1, -0.05) is 24.3 Å². The summed E-state index contributed by atoms with van der Waals surface area (Å²) in [5.74, 6) is -0.0558. The molecule has 0 N–H and O–H groups in total. The van der Waals surface area contributed by atoms with E-state index in [1.807, 2.05) is 12.2 Å². The number of hydrogen-bond donors (Lipinski definition) is 0. The Morgan fingerprint density at radius 1 is 1.03 bits per heavy atom. The van der Waals surface area contributed by atoms with E-state index < -0.39 is 0 Å². The van der Waals surface area contributed by atoms with Crippen molar-refractivity contribution in [2.75, 3.05) is 14.2 Å². The van der Waals surface area contributed by atoms with Crippen molar-refractivity contribution in [3.8, 4) is 17.2 Å². The number of fused-ring (bicyclic) bond motifs is 5. The van der Waals surface area contributed by atoms with Crippen LogP contribution in [0.5, 0.6) is 17.2 Å². The van der Waals surface area contributed by atoms with Crippen molar-refractivity contribution in [2.24, 2.45) is 28.8 Å². The van der Waals surface area contributed by atoms with E-state index in [9.17, 15) is 14.0 Å². The van der Waals surface area contributed by atoms with Crippen LogP contribution in [0.4, 0.5) is 4.39 Å².